The minimum absolute atomic E-state index is 0.0749. The highest BCUT2D eigenvalue weighted by atomic mass is 16.5. The summed E-state index contributed by atoms with van der Waals surface area (Å²) in [6.45, 7) is 3.35. The van der Waals surface area contributed by atoms with Gasteiger partial charge < -0.3 is 15.2 Å². The Kier molecular flexibility index (Phi) is 2.25. The number of rotatable bonds is 1. The molecule has 5 nitrogen and oxygen atoms in total. The average Bonchev–Trinajstić information content (AvgIpc) is 2.76. The third kappa shape index (κ3) is 1.50. The molecule has 2 unspecified atom stereocenters. The molecule has 0 saturated carbocycles. The van der Waals surface area contributed by atoms with Crippen molar-refractivity contribution in [3.05, 3.63) is 18.0 Å². The second kappa shape index (κ2) is 3.42. The van der Waals surface area contributed by atoms with E-state index in [-0.39, 0.29) is 11.9 Å². The summed E-state index contributed by atoms with van der Waals surface area (Å²) in [5.41, 5.74) is 6.18. The molecule has 76 valence electrons. The lowest BCUT2D eigenvalue weighted by Crippen LogP contribution is -2.32. The number of nitrogens with zero attached hydrogens (tertiary/aromatic N) is 2. The zero-order valence-corrected chi connectivity index (χ0v) is 8.01. The fraction of sp³-hybridized carbons (Fsp3) is 0.556. The molecule has 1 aromatic heterocycles. The van der Waals surface area contributed by atoms with Crippen LogP contribution in [-0.2, 0) is 0 Å². The van der Waals surface area contributed by atoms with Gasteiger partial charge in [0.05, 0.1) is 0 Å². The maximum Gasteiger partial charge on any atom is 0.276 e. The Labute approximate surface area is 81.8 Å². The summed E-state index contributed by atoms with van der Waals surface area (Å²) in [6, 6.07) is 1.64. The van der Waals surface area contributed by atoms with Crippen molar-refractivity contribution < 1.29 is 9.32 Å². The van der Waals surface area contributed by atoms with E-state index in [0.29, 0.717) is 24.7 Å². The van der Waals surface area contributed by atoms with E-state index in [1.807, 2.05) is 6.92 Å². The Morgan fingerprint density at radius 3 is 3.00 bits per heavy atom. The van der Waals surface area contributed by atoms with Crippen LogP contribution in [0.3, 0.4) is 0 Å². The van der Waals surface area contributed by atoms with Crippen LogP contribution < -0.4 is 5.73 Å². The van der Waals surface area contributed by atoms with Gasteiger partial charge in [0, 0.05) is 25.2 Å². The molecule has 0 bridgehead atoms. The first kappa shape index (κ1) is 9.21. The van der Waals surface area contributed by atoms with Gasteiger partial charge in [-0.2, -0.15) is 0 Å². The molecule has 1 amide bonds. The number of nitrogens with two attached hydrogens (primary N) is 1. The highest BCUT2D eigenvalue weighted by molar-refractivity contribution is 5.92. The van der Waals surface area contributed by atoms with Crippen molar-refractivity contribution in [3.63, 3.8) is 0 Å². The number of likely N-dealkylation sites (tertiary alicyclic amines) is 1. The van der Waals surface area contributed by atoms with Crippen molar-refractivity contribution >= 4 is 5.91 Å². The van der Waals surface area contributed by atoms with E-state index in [1.165, 1.54) is 6.26 Å². The zero-order valence-electron chi connectivity index (χ0n) is 8.01. The molecule has 1 fully saturated rings. The van der Waals surface area contributed by atoms with E-state index in [0.717, 1.165) is 0 Å². The molecule has 2 atom stereocenters. The largest absolute Gasteiger partial charge is 0.364 e. The molecular formula is C9H13N3O2. The van der Waals surface area contributed by atoms with Crippen molar-refractivity contribution in [2.75, 3.05) is 13.1 Å². The normalized spacial score (nSPS) is 26.9. The molecule has 0 radical (unpaired) electrons. The number of aromatic nitrogens is 1. The van der Waals surface area contributed by atoms with Gasteiger partial charge >= 0.3 is 0 Å². The fourth-order valence-corrected chi connectivity index (χ4v) is 1.64. The summed E-state index contributed by atoms with van der Waals surface area (Å²) in [6.07, 6.45) is 1.40. The Hall–Kier alpha value is -1.36. The number of carbonyl (C=O) groups is 1. The second-order valence-electron chi connectivity index (χ2n) is 3.74. The molecule has 1 aliphatic heterocycles. The van der Waals surface area contributed by atoms with Gasteiger partial charge in [-0.05, 0) is 5.92 Å². The van der Waals surface area contributed by atoms with Crippen LogP contribution in [0.2, 0.25) is 0 Å². The van der Waals surface area contributed by atoms with Crippen LogP contribution in [0.15, 0.2) is 16.9 Å². The van der Waals surface area contributed by atoms with Gasteiger partial charge in [0.15, 0.2) is 5.69 Å². The molecule has 0 spiro atoms. The van der Waals surface area contributed by atoms with Gasteiger partial charge in [-0.15, -0.1) is 0 Å². The molecule has 0 aliphatic carbocycles. The minimum Gasteiger partial charge on any atom is -0.364 e. The topological polar surface area (TPSA) is 72.4 Å². The van der Waals surface area contributed by atoms with Crippen LogP contribution in [0.4, 0.5) is 0 Å². The van der Waals surface area contributed by atoms with E-state index in [9.17, 15) is 4.79 Å². The Bertz CT molecular complexity index is 313. The summed E-state index contributed by atoms with van der Waals surface area (Å²) in [5, 5.41) is 3.60. The maximum atomic E-state index is 11.7. The van der Waals surface area contributed by atoms with Gasteiger partial charge in [-0.1, -0.05) is 12.1 Å². The number of carbonyl (C=O) groups excluding carboxylic acids is 1. The van der Waals surface area contributed by atoms with Crippen LogP contribution in [0, 0.1) is 5.92 Å². The second-order valence-corrected chi connectivity index (χ2v) is 3.74. The number of amides is 1. The van der Waals surface area contributed by atoms with Crippen molar-refractivity contribution in [2.45, 2.75) is 13.0 Å². The molecule has 14 heavy (non-hydrogen) atoms. The summed E-state index contributed by atoms with van der Waals surface area (Å²) in [5.74, 6) is 0.254. The quantitative estimate of drug-likeness (QED) is 0.689. The van der Waals surface area contributed by atoms with Crippen molar-refractivity contribution in [3.8, 4) is 0 Å². The fourth-order valence-electron chi connectivity index (χ4n) is 1.64. The smallest absolute Gasteiger partial charge is 0.276 e. The zero-order chi connectivity index (χ0) is 10.1. The average molecular weight is 195 g/mol. The molecule has 5 heteroatoms. The minimum atomic E-state index is -0.0986. The third-order valence-corrected chi connectivity index (χ3v) is 2.61. The molecule has 2 rings (SSSR count). The predicted octanol–water partition coefficient (Wildman–Crippen LogP) is 0.0938. The SMILES string of the molecule is CC1CN(C(=O)c2ccon2)CC1N. The third-order valence-electron chi connectivity index (χ3n) is 2.61. The van der Waals surface area contributed by atoms with Gasteiger partial charge in [0.2, 0.25) is 0 Å². The Balaban J connectivity index is 2.07. The van der Waals surface area contributed by atoms with Crippen molar-refractivity contribution in [1.82, 2.24) is 10.1 Å². The van der Waals surface area contributed by atoms with Crippen LogP contribution >= 0.6 is 0 Å². The van der Waals surface area contributed by atoms with E-state index in [4.69, 9.17) is 5.73 Å². The molecule has 2 N–H and O–H groups in total. The van der Waals surface area contributed by atoms with Gasteiger partial charge in [-0.3, -0.25) is 4.79 Å². The van der Waals surface area contributed by atoms with E-state index in [1.54, 1.807) is 11.0 Å². The van der Waals surface area contributed by atoms with Gasteiger partial charge in [0.25, 0.3) is 5.91 Å². The first-order chi connectivity index (χ1) is 6.68. The van der Waals surface area contributed by atoms with Gasteiger partial charge in [-0.25, -0.2) is 0 Å². The van der Waals surface area contributed by atoms with E-state index < -0.39 is 0 Å². The predicted molar refractivity (Wildman–Crippen MR) is 49.5 cm³/mol. The lowest BCUT2D eigenvalue weighted by Gasteiger charge is -2.13. The summed E-state index contributed by atoms with van der Waals surface area (Å²) >= 11 is 0. The van der Waals surface area contributed by atoms with E-state index >= 15 is 0 Å². The first-order valence-corrected chi connectivity index (χ1v) is 4.63. The Morgan fingerprint density at radius 2 is 2.50 bits per heavy atom. The highest BCUT2D eigenvalue weighted by Crippen LogP contribution is 2.16. The molecule has 1 saturated heterocycles. The standard InChI is InChI=1S/C9H13N3O2/c1-6-4-12(5-7(6)10)9(13)8-2-3-14-11-8/h2-3,6-7H,4-5,10H2,1H3. The van der Waals surface area contributed by atoms with Crippen LogP contribution in [0.1, 0.15) is 17.4 Å². The Morgan fingerprint density at radius 1 is 1.71 bits per heavy atom. The van der Waals surface area contributed by atoms with Gasteiger partial charge in [0.1, 0.15) is 6.26 Å². The molecular weight excluding hydrogens is 182 g/mol. The molecule has 2 heterocycles. The summed E-state index contributed by atoms with van der Waals surface area (Å²) in [7, 11) is 0. The van der Waals surface area contributed by atoms with Crippen LogP contribution in [-0.4, -0.2) is 35.1 Å². The highest BCUT2D eigenvalue weighted by Gasteiger charge is 2.31. The van der Waals surface area contributed by atoms with Crippen molar-refractivity contribution in [2.24, 2.45) is 11.7 Å². The lowest BCUT2D eigenvalue weighted by molar-refractivity contribution is 0.0776. The monoisotopic (exact) mass is 195 g/mol. The molecule has 1 aliphatic rings. The van der Waals surface area contributed by atoms with Crippen LogP contribution in [0.25, 0.3) is 0 Å². The summed E-state index contributed by atoms with van der Waals surface area (Å²) in [4.78, 5) is 13.5. The van der Waals surface area contributed by atoms with Crippen molar-refractivity contribution in [1.29, 1.82) is 0 Å². The lowest BCUT2D eigenvalue weighted by atomic mass is 10.1. The molecule has 0 aromatic carbocycles. The summed E-state index contributed by atoms with van der Waals surface area (Å²) < 4.78 is 4.62. The van der Waals surface area contributed by atoms with E-state index in [2.05, 4.69) is 9.68 Å². The van der Waals surface area contributed by atoms with Crippen LogP contribution in [0.5, 0.6) is 0 Å². The first-order valence-electron chi connectivity index (χ1n) is 4.63. The number of hydrogen-bond acceptors (Lipinski definition) is 4. The maximum absolute atomic E-state index is 11.7. The number of hydrogen-bond donors (Lipinski definition) is 1. The molecule has 1 aromatic rings.